The quantitative estimate of drug-likeness (QED) is 0.565. The largest absolute Gasteiger partial charge is 0.470 e. The Morgan fingerprint density at radius 2 is 2.00 bits per heavy atom. The summed E-state index contributed by atoms with van der Waals surface area (Å²) in [5.74, 6) is 0.420. The minimum absolute atomic E-state index is 0.328. The van der Waals surface area contributed by atoms with E-state index in [1.165, 1.54) is 0 Å². The molecule has 0 radical (unpaired) electrons. The lowest BCUT2D eigenvalue weighted by Crippen LogP contribution is -2.01. The van der Waals surface area contributed by atoms with Gasteiger partial charge in [0.15, 0.2) is 5.65 Å². The molecule has 4 rings (SSSR count). The Hall–Kier alpha value is -3.42. The Balaban J connectivity index is 1.68. The molecule has 0 aromatic carbocycles. The Morgan fingerprint density at radius 3 is 2.80 bits per heavy atom. The second-order valence-corrected chi connectivity index (χ2v) is 5.53. The maximum atomic E-state index is 5.69. The van der Waals surface area contributed by atoms with E-state index < -0.39 is 0 Å². The van der Waals surface area contributed by atoms with Crippen molar-refractivity contribution < 1.29 is 4.74 Å². The summed E-state index contributed by atoms with van der Waals surface area (Å²) in [7, 11) is 1.81. The molecule has 4 heterocycles. The molecule has 124 valence electrons. The monoisotopic (exact) mass is 333 g/mol. The molecule has 0 spiro atoms. The van der Waals surface area contributed by atoms with Gasteiger partial charge in [-0.2, -0.15) is 15.2 Å². The lowest BCUT2D eigenvalue weighted by atomic mass is 10.2. The van der Waals surface area contributed by atoms with Crippen LogP contribution in [0.4, 0.5) is 0 Å². The van der Waals surface area contributed by atoms with Gasteiger partial charge in [0.2, 0.25) is 5.88 Å². The number of hydrogen-bond acceptors (Lipinski definition) is 7. The van der Waals surface area contributed by atoms with Gasteiger partial charge < -0.3 is 4.74 Å². The molecule has 0 fully saturated rings. The van der Waals surface area contributed by atoms with Gasteiger partial charge in [-0.25, -0.2) is 9.67 Å². The van der Waals surface area contributed by atoms with Crippen molar-refractivity contribution in [3.8, 4) is 17.3 Å². The zero-order chi connectivity index (χ0) is 17.2. The molecule has 8 heteroatoms. The van der Waals surface area contributed by atoms with Crippen LogP contribution in [0.3, 0.4) is 0 Å². The van der Waals surface area contributed by atoms with Gasteiger partial charge in [-0.05, 0) is 30.7 Å². The predicted molar refractivity (Wildman–Crippen MR) is 90.6 cm³/mol. The van der Waals surface area contributed by atoms with Gasteiger partial charge in [-0.1, -0.05) is 6.07 Å². The van der Waals surface area contributed by atoms with Crippen molar-refractivity contribution in [2.24, 2.45) is 7.05 Å². The van der Waals surface area contributed by atoms with Gasteiger partial charge in [0.25, 0.3) is 0 Å². The molecule has 0 amide bonds. The maximum absolute atomic E-state index is 5.69. The molecule has 4 aromatic heterocycles. The molecule has 0 aliphatic carbocycles. The molecule has 0 unspecified atom stereocenters. The van der Waals surface area contributed by atoms with E-state index in [9.17, 15) is 0 Å². The number of aryl methyl sites for hydroxylation is 2. The van der Waals surface area contributed by atoms with Crippen molar-refractivity contribution in [1.82, 2.24) is 34.9 Å². The van der Waals surface area contributed by atoms with Crippen LogP contribution in [0.25, 0.3) is 22.6 Å². The van der Waals surface area contributed by atoms with Crippen LogP contribution in [0.5, 0.6) is 5.88 Å². The third kappa shape index (κ3) is 2.89. The van der Waals surface area contributed by atoms with Crippen LogP contribution in [0.1, 0.15) is 11.3 Å². The second-order valence-electron chi connectivity index (χ2n) is 5.53. The number of hydrogen-bond donors (Lipinski definition) is 0. The topological polar surface area (TPSA) is 91.5 Å². The number of pyridine rings is 1. The highest BCUT2D eigenvalue weighted by molar-refractivity contribution is 5.87. The normalized spacial score (nSPS) is 11.0. The van der Waals surface area contributed by atoms with E-state index in [2.05, 4.69) is 30.2 Å². The lowest BCUT2D eigenvalue weighted by molar-refractivity contribution is 0.289. The van der Waals surface area contributed by atoms with Crippen LogP contribution in [-0.2, 0) is 13.7 Å². The Morgan fingerprint density at radius 1 is 1.08 bits per heavy atom. The highest BCUT2D eigenvalue weighted by Crippen LogP contribution is 2.26. The zero-order valence-corrected chi connectivity index (χ0v) is 13.8. The van der Waals surface area contributed by atoms with Gasteiger partial charge in [0.05, 0.1) is 11.9 Å². The summed E-state index contributed by atoms with van der Waals surface area (Å²) in [6.45, 7) is 2.29. The van der Waals surface area contributed by atoms with E-state index in [0.29, 0.717) is 35.0 Å². The molecule has 8 nitrogen and oxygen atoms in total. The summed E-state index contributed by atoms with van der Waals surface area (Å²) < 4.78 is 7.35. The van der Waals surface area contributed by atoms with Gasteiger partial charge in [0, 0.05) is 19.4 Å². The molecular weight excluding hydrogens is 318 g/mol. The fourth-order valence-corrected chi connectivity index (χ4v) is 2.49. The average molecular weight is 333 g/mol. The van der Waals surface area contributed by atoms with Crippen LogP contribution < -0.4 is 4.74 Å². The summed E-state index contributed by atoms with van der Waals surface area (Å²) >= 11 is 0. The first-order chi connectivity index (χ1) is 12.2. The van der Waals surface area contributed by atoms with Crippen molar-refractivity contribution in [3.05, 3.63) is 54.1 Å². The first-order valence-corrected chi connectivity index (χ1v) is 7.73. The van der Waals surface area contributed by atoms with Crippen molar-refractivity contribution in [1.29, 1.82) is 0 Å². The van der Waals surface area contributed by atoms with Crippen LogP contribution in [0.15, 0.2) is 42.9 Å². The molecule has 0 saturated carbocycles. The van der Waals surface area contributed by atoms with Gasteiger partial charge >= 0.3 is 0 Å². The first kappa shape index (κ1) is 15.1. The van der Waals surface area contributed by atoms with E-state index in [0.717, 1.165) is 11.3 Å². The third-order valence-electron chi connectivity index (χ3n) is 3.75. The highest BCUT2D eigenvalue weighted by Gasteiger charge is 2.17. The molecule has 4 aromatic rings. The molecular formula is C17H15N7O. The average Bonchev–Trinajstić information content (AvgIpc) is 2.97. The number of fused-ring (bicyclic) bond motifs is 1. The SMILES string of the molecule is Cc1ccnnc1-c1nn(C)c2nc(OCc3ccccn3)cnc12. The standard InChI is InChI=1S/C17H15N7O/c1-11-6-8-20-22-14(11)15-16-17(24(2)23-15)21-13(9-19-16)25-10-12-5-3-4-7-18-12/h3-9H,10H2,1-2H3. The summed E-state index contributed by atoms with van der Waals surface area (Å²) in [5.41, 5.74) is 4.45. The molecule has 25 heavy (non-hydrogen) atoms. The van der Waals surface area contributed by atoms with E-state index in [-0.39, 0.29) is 0 Å². The number of nitrogens with zero attached hydrogens (tertiary/aromatic N) is 7. The number of aromatic nitrogens is 7. The van der Waals surface area contributed by atoms with E-state index in [1.54, 1.807) is 23.3 Å². The Labute approximate surface area is 143 Å². The highest BCUT2D eigenvalue weighted by atomic mass is 16.5. The molecule has 0 bridgehead atoms. The lowest BCUT2D eigenvalue weighted by Gasteiger charge is -2.04. The minimum Gasteiger partial charge on any atom is -0.470 e. The molecule has 0 aliphatic rings. The smallest absolute Gasteiger partial charge is 0.234 e. The number of rotatable bonds is 4. The van der Waals surface area contributed by atoms with Crippen molar-refractivity contribution in [3.63, 3.8) is 0 Å². The summed E-state index contributed by atoms with van der Waals surface area (Å²) in [5, 5.41) is 12.6. The molecule has 0 saturated heterocycles. The number of ether oxygens (including phenoxy) is 1. The maximum Gasteiger partial charge on any atom is 0.234 e. The van der Waals surface area contributed by atoms with Crippen molar-refractivity contribution >= 4 is 11.2 Å². The summed E-state index contributed by atoms with van der Waals surface area (Å²) in [4.78, 5) is 13.2. The fraction of sp³-hybridized carbons (Fsp3) is 0.176. The minimum atomic E-state index is 0.328. The van der Waals surface area contributed by atoms with Crippen molar-refractivity contribution in [2.75, 3.05) is 0 Å². The van der Waals surface area contributed by atoms with E-state index >= 15 is 0 Å². The second kappa shape index (κ2) is 6.23. The van der Waals surface area contributed by atoms with Crippen LogP contribution in [0, 0.1) is 6.92 Å². The zero-order valence-electron chi connectivity index (χ0n) is 13.8. The van der Waals surface area contributed by atoms with Crippen LogP contribution in [-0.4, -0.2) is 34.9 Å². The molecule has 0 N–H and O–H groups in total. The van der Waals surface area contributed by atoms with Crippen molar-refractivity contribution in [2.45, 2.75) is 13.5 Å². The van der Waals surface area contributed by atoms with Gasteiger partial charge in [-0.3, -0.25) is 4.98 Å². The third-order valence-corrected chi connectivity index (χ3v) is 3.75. The summed E-state index contributed by atoms with van der Waals surface area (Å²) in [6, 6.07) is 7.56. The Kier molecular flexibility index (Phi) is 3.77. The molecule has 0 atom stereocenters. The van der Waals surface area contributed by atoms with E-state index in [1.807, 2.05) is 38.2 Å². The summed E-state index contributed by atoms with van der Waals surface area (Å²) in [6.07, 6.45) is 4.96. The van der Waals surface area contributed by atoms with Crippen LogP contribution >= 0.6 is 0 Å². The predicted octanol–water partition coefficient (Wildman–Crippen LogP) is 2.10. The first-order valence-electron chi connectivity index (χ1n) is 7.73. The van der Waals surface area contributed by atoms with Crippen LogP contribution in [0.2, 0.25) is 0 Å². The van der Waals surface area contributed by atoms with Gasteiger partial charge in [-0.15, -0.1) is 5.10 Å². The van der Waals surface area contributed by atoms with E-state index in [4.69, 9.17) is 4.74 Å². The molecule has 0 aliphatic heterocycles. The fourth-order valence-electron chi connectivity index (χ4n) is 2.49. The Bertz CT molecular complexity index is 1030. The van der Waals surface area contributed by atoms with Gasteiger partial charge in [0.1, 0.15) is 23.5 Å².